The van der Waals surface area contributed by atoms with Crippen molar-refractivity contribution in [3.8, 4) is 5.75 Å². The monoisotopic (exact) mass is 396 g/mol. The number of hydrogen-bond donors (Lipinski definition) is 1. The summed E-state index contributed by atoms with van der Waals surface area (Å²) in [6, 6.07) is 9.48. The van der Waals surface area contributed by atoms with Crippen LogP contribution in [0, 0.1) is 13.8 Å². The van der Waals surface area contributed by atoms with E-state index in [4.69, 9.17) is 16.3 Å². The van der Waals surface area contributed by atoms with E-state index in [9.17, 15) is 13.2 Å². The smallest absolute Gasteiger partial charge is 0.262 e. The molecule has 1 N–H and O–H groups in total. The normalized spacial score (nSPS) is 11.5. The maximum Gasteiger partial charge on any atom is 0.262 e. The highest BCUT2D eigenvalue weighted by atomic mass is 35.5. The Morgan fingerprint density at radius 3 is 2.15 bits per heavy atom. The van der Waals surface area contributed by atoms with E-state index in [1.807, 2.05) is 13.8 Å². The largest absolute Gasteiger partial charge is 0.484 e. The van der Waals surface area contributed by atoms with Gasteiger partial charge in [-0.3, -0.25) is 4.79 Å². The van der Waals surface area contributed by atoms with Crippen molar-refractivity contribution in [3.63, 3.8) is 0 Å². The minimum atomic E-state index is -3.49. The molecule has 1 amide bonds. The number of sulfonamides is 1. The van der Waals surface area contributed by atoms with Gasteiger partial charge in [-0.25, -0.2) is 12.7 Å². The molecular weight excluding hydrogens is 376 g/mol. The van der Waals surface area contributed by atoms with Gasteiger partial charge in [0.2, 0.25) is 10.0 Å². The molecule has 0 aliphatic rings. The summed E-state index contributed by atoms with van der Waals surface area (Å²) < 4.78 is 30.6. The molecule has 0 aliphatic carbocycles. The van der Waals surface area contributed by atoms with Crippen molar-refractivity contribution in [1.82, 2.24) is 4.31 Å². The Kier molecular flexibility index (Phi) is 6.28. The van der Waals surface area contributed by atoms with Crippen LogP contribution >= 0.6 is 11.6 Å². The van der Waals surface area contributed by atoms with E-state index in [1.54, 1.807) is 12.1 Å². The third kappa shape index (κ3) is 4.75. The fourth-order valence-electron chi connectivity index (χ4n) is 2.26. The van der Waals surface area contributed by atoms with Gasteiger partial charge in [0.25, 0.3) is 5.91 Å². The fraction of sp³-hybridized carbons (Fsp3) is 0.278. The molecule has 0 heterocycles. The molecule has 6 nitrogen and oxygen atoms in total. The van der Waals surface area contributed by atoms with E-state index >= 15 is 0 Å². The zero-order chi connectivity index (χ0) is 19.5. The Morgan fingerprint density at radius 2 is 1.65 bits per heavy atom. The van der Waals surface area contributed by atoms with E-state index in [0.29, 0.717) is 16.5 Å². The van der Waals surface area contributed by atoms with Crippen LogP contribution in [0.15, 0.2) is 41.3 Å². The molecule has 2 aromatic carbocycles. The summed E-state index contributed by atoms with van der Waals surface area (Å²) in [6.45, 7) is 3.56. The second-order valence-electron chi connectivity index (χ2n) is 6.02. The molecule has 26 heavy (non-hydrogen) atoms. The van der Waals surface area contributed by atoms with Crippen LogP contribution in [0.25, 0.3) is 0 Å². The van der Waals surface area contributed by atoms with Crippen LogP contribution in [-0.2, 0) is 14.8 Å². The summed E-state index contributed by atoms with van der Waals surface area (Å²) in [5, 5.41) is 3.34. The first-order chi connectivity index (χ1) is 12.1. The van der Waals surface area contributed by atoms with Gasteiger partial charge in [-0.05, 0) is 61.4 Å². The first-order valence-corrected chi connectivity index (χ1v) is 9.65. The van der Waals surface area contributed by atoms with Crippen LogP contribution in [0.5, 0.6) is 5.75 Å². The first-order valence-electron chi connectivity index (χ1n) is 7.83. The SMILES string of the molecule is Cc1cc(OCC(=O)Nc2ccc(S(=O)(=O)N(C)C)cc2)cc(C)c1Cl. The summed E-state index contributed by atoms with van der Waals surface area (Å²) in [5.41, 5.74) is 2.24. The molecule has 0 spiro atoms. The van der Waals surface area contributed by atoms with Crippen molar-refractivity contribution in [1.29, 1.82) is 0 Å². The lowest BCUT2D eigenvalue weighted by molar-refractivity contribution is -0.118. The molecule has 2 rings (SSSR count). The third-order valence-corrected chi connectivity index (χ3v) is 6.12. The van der Waals surface area contributed by atoms with Gasteiger partial charge >= 0.3 is 0 Å². The standard InChI is InChI=1S/C18H21ClN2O4S/c1-12-9-15(10-13(2)18(12)19)25-11-17(22)20-14-5-7-16(8-6-14)26(23,24)21(3)4/h5-10H,11H2,1-4H3,(H,20,22). The lowest BCUT2D eigenvalue weighted by Crippen LogP contribution is -2.22. The van der Waals surface area contributed by atoms with Gasteiger partial charge in [-0.15, -0.1) is 0 Å². The van der Waals surface area contributed by atoms with Crippen molar-refractivity contribution in [2.24, 2.45) is 0 Å². The average molecular weight is 397 g/mol. The molecule has 0 radical (unpaired) electrons. The number of carbonyl (C=O) groups is 1. The van der Waals surface area contributed by atoms with Crippen LogP contribution in [0.1, 0.15) is 11.1 Å². The number of halogens is 1. The average Bonchev–Trinajstić information content (AvgIpc) is 2.58. The molecule has 0 unspecified atom stereocenters. The quantitative estimate of drug-likeness (QED) is 0.813. The predicted octanol–water partition coefficient (Wildman–Crippen LogP) is 3.22. The molecule has 0 bridgehead atoms. The van der Waals surface area contributed by atoms with E-state index in [-0.39, 0.29) is 17.4 Å². The number of aryl methyl sites for hydroxylation is 2. The van der Waals surface area contributed by atoms with Crippen LogP contribution in [0.3, 0.4) is 0 Å². The lowest BCUT2D eigenvalue weighted by Gasteiger charge is -2.12. The molecule has 0 saturated carbocycles. The number of amides is 1. The molecular formula is C18H21ClN2O4S. The van der Waals surface area contributed by atoms with Crippen LogP contribution in [-0.4, -0.2) is 39.3 Å². The number of nitrogens with one attached hydrogen (secondary N) is 1. The summed E-state index contributed by atoms with van der Waals surface area (Å²) in [7, 11) is -0.573. The highest BCUT2D eigenvalue weighted by Crippen LogP contribution is 2.25. The highest BCUT2D eigenvalue weighted by molar-refractivity contribution is 7.89. The van der Waals surface area contributed by atoms with Crippen LogP contribution in [0.4, 0.5) is 5.69 Å². The van der Waals surface area contributed by atoms with Gasteiger partial charge < -0.3 is 10.1 Å². The lowest BCUT2D eigenvalue weighted by atomic mass is 10.1. The van der Waals surface area contributed by atoms with Gasteiger partial charge in [0.1, 0.15) is 5.75 Å². The van der Waals surface area contributed by atoms with Gasteiger partial charge in [-0.2, -0.15) is 0 Å². The predicted molar refractivity (Wildman–Crippen MR) is 102 cm³/mol. The number of rotatable bonds is 6. The number of hydrogen-bond acceptors (Lipinski definition) is 4. The van der Waals surface area contributed by atoms with Gasteiger partial charge in [0.15, 0.2) is 6.61 Å². The van der Waals surface area contributed by atoms with Gasteiger partial charge in [-0.1, -0.05) is 11.6 Å². The van der Waals surface area contributed by atoms with Crippen molar-refractivity contribution in [2.75, 3.05) is 26.0 Å². The first kappa shape index (κ1) is 20.2. The molecule has 8 heteroatoms. The van der Waals surface area contributed by atoms with E-state index in [2.05, 4.69) is 5.32 Å². The van der Waals surface area contributed by atoms with Gasteiger partial charge in [0, 0.05) is 24.8 Å². The van der Waals surface area contributed by atoms with E-state index < -0.39 is 10.0 Å². The minimum absolute atomic E-state index is 0.156. The van der Waals surface area contributed by atoms with E-state index in [1.165, 1.54) is 38.4 Å². The molecule has 140 valence electrons. The Labute approximate surface area is 158 Å². The molecule has 0 fully saturated rings. The zero-order valence-corrected chi connectivity index (χ0v) is 16.6. The molecule has 2 aromatic rings. The third-order valence-electron chi connectivity index (χ3n) is 3.70. The van der Waals surface area contributed by atoms with Crippen molar-refractivity contribution >= 4 is 33.2 Å². The summed E-state index contributed by atoms with van der Waals surface area (Å²) in [4.78, 5) is 12.2. The Bertz CT molecular complexity index is 886. The molecule has 0 aliphatic heterocycles. The minimum Gasteiger partial charge on any atom is -0.484 e. The van der Waals surface area contributed by atoms with Crippen molar-refractivity contribution in [2.45, 2.75) is 18.7 Å². The van der Waals surface area contributed by atoms with Gasteiger partial charge in [0.05, 0.1) is 4.90 Å². The molecule has 0 atom stereocenters. The fourth-order valence-corrected chi connectivity index (χ4v) is 3.27. The number of ether oxygens (including phenoxy) is 1. The van der Waals surface area contributed by atoms with E-state index in [0.717, 1.165) is 15.4 Å². The summed E-state index contributed by atoms with van der Waals surface area (Å²) in [6.07, 6.45) is 0. The molecule has 0 aromatic heterocycles. The highest BCUT2D eigenvalue weighted by Gasteiger charge is 2.16. The maximum atomic E-state index is 12.0. The van der Waals surface area contributed by atoms with Crippen molar-refractivity contribution in [3.05, 3.63) is 52.5 Å². The number of anilines is 1. The second kappa shape index (κ2) is 8.07. The number of benzene rings is 2. The number of nitrogens with zero attached hydrogens (tertiary/aromatic N) is 1. The summed E-state index contributed by atoms with van der Waals surface area (Å²) in [5.74, 6) is 0.213. The van der Waals surface area contributed by atoms with Crippen LogP contribution in [0.2, 0.25) is 5.02 Å². The Hall–Kier alpha value is -2.09. The summed E-state index contributed by atoms with van der Waals surface area (Å²) >= 11 is 6.10. The van der Waals surface area contributed by atoms with Crippen LogP contribution < -0.4 is 10.1 Å². The number of carbonyl (C=O) groups excluding carboxylic acids is 1. The topological polar surface area (TPSA) is 75.7 Å². The maximum absolute atomic E-state index is 12.0. The van der Waals surface area contributed by atoms with Crippen molar-refractivity contribution < 1.29 is 17.9 Å². The zero-order valence-electron chi connectivity index (χ0n) is 15.0. The molecule has 0 saturated heterocycles. The second-order valence-corrected chi connectivity index (χ2v) is 8.55. The Morgan fingerprint density at radius 1 is 1.12 bits per heavy atom. The Balaban J connectivity index is 1.98.